The molecule has 0 saturated heterocycles. The highest BCUT2D eigenvalue weighted by Crippen LogP contribution is 2.07. The number of pyridine rings is 1. The van der Waals surface area contributed by atoms with Gasteiger partial charge in [0.2, 0.25) is 0 Å². The lowest BCUT2D eigenvalue weighted by Gasteiger charge is -2.06. The van der Waals surface area contributed by atoms with E-state index >= 15 is 0 Å². The van der Waals surface area contributed by atoms with E-state index in [1.807, 2.05) is 24.3 Å². The van der Waals surface area contributed by atoms with Crippen molar-refractivity contribution in [1.29, 1.82) is 0 Å². The molecule has 1 aromatic carbocycles. The van der Waals surface area contributed by atoms with Crippen LogP contribution in [0.5, 0.6) is 5.75 Å². The van der Waals surface area contributed by atoms with Crippen LogP contribution in [0.2, 0.25) is 0 Å². The molecule has 0 amide bonds. The van der Waals surface area contributed by atoms with E-state index in [1.165, 1.54) is 6.20 Å². The second kappa shape index (κ2) is 6.14. The fourth-order valence-electron chi connectivity index (χ4n) is 1.69. The van der Waals surface area contributed by atoms with E-state index < -0.39 is 0 Å². The summed E-state index contributed by atoms with van der Waals surface area (Å²) in [7, 11) is 0. The molecule has 0 aliphatic rings. The van der Waals surface area contributed by atoms with E-state index in [0.29, 0.717) is 6.54 Å². The minimum absolute atomic E-state index is 0.0629. The van der Waals surface area contributed by atoms with Crippen LogP contribution in [0.3, 0.4) is 0 Å². The van der Waals surface area contributed by atoms with E-state index in [-0.39, 0.29) is 12.4 Å². The molecule has 0 bridgehead atoms. The van der Waals surface area contributed by atoms with E-state index in [0.717, 1.165) is 23.4 Å². The van der Waals surface area contributed by atoms with Gasteiger partial charge >= 0.3 is 0 Å². The molecule has 18 heavy (non-hydrogen) atoms. The van der Waals surface area contributed by atoms with Gasteiger partial charge in [-0.1, -0.05) is 24.3 Å². The van der Waals surface area contributed by atoms with E-state index in [4.69, 9.17) is 10.2 Å². The van der Waals surface area contributed by atoms with Crippen LogP contribution in [-0.4, -0.2) is 15.2 Å². The molecule has 2 rings (SSSR count). The minimum atomic E-state index is 0.0629. The van der Waals surface area contributed by atoms with Crippen LogP contribution >= 0.6 is 0 Å². The summed E-state index contributed by atoms with van der Waals surface area (Å²) >= 11 is 0. The van der Waals surface area contributed by atoms with E-state index in [9.17, 15) is 0 Å². The number of rotatable bonds is 5. The average molecular weight is 244 g/mol. The molecule has 0 radical (unpaired) electrons. The SMILES string of the molecule is OCc1cccc(CNCc2ccc(O)cn2)c1. The molecule has 0 fully saturated rings. The van der Waals surface area contributed by atoms with Gasteiger partial charge in [0.25, 0.3) is 0 Å². The molecule has 0 aliphatic carbocycles. The Kier molecular flexibility index (Phi) is 4.28. The second-order valence-electron chi connectivity index (χ2n) is 4.09. The largest absolute Gasteiger partial charge is 0.506 e. The normalized spacial score (nSPS) is 10.5. The van der Waals surface area contributed by atoms with Crippen LogP contribution in [0.1, 0.15) is 16.8 Å². The molecule has 2 aromatic rings. The third-order valence-corrected chi connectivity index (χ3v) is 2.62. The van der Waals surface area contributed by atoms with Crippen LogP contribution in [0, 0.1) is 0 Å². The number of nitrogens with zero attached hydrogens (tertiary/aromatic N) is 1. The van der Waals surface area contributed by atoms with Crippen LogP contribution < -0.4 is 5.32 Å². The van der Waals surface area contributed by atoms with Crippen molar-refractivity contribution in [3.63, 3.8) is 0 Å². The lowest BCUT2D eigenvalue weighted by molar-refractivity contribution is 0.281. The zero-order valence-corrected chi connectivity index (χ0v) is 10.0. The van der Waals surface area contributed by atoms with Gasteiger partial charge < -0.3 is 15.5 Å². The Hall–Kier alpha value is -1.91. The lowest BCUT2D eigenvalue weighted by atomic mass is 10.1. The smallest absolute Gasteiger partial charge is 0.133 e. The van der Waals surface area contributed by atoms with Crippen LogP contribution in [0.25, 0.3) is 0 Å². The van der Waals surface area contributed by atoms with Gasteiger partial charge in [0, 0.05) is 13.1 Å². The molecule has 0 atom stereocenters. The Bertz CT molecular complexity index is 497. The number of hydrogen-bond donors (Lipinski definition) is 3. The highest BCUT2D eigenvalue weighted by Gasteiger charge is 1.97. The Morgan fingerprint density at radius 2 is 1.89 bits per heavy atom. The van der Waals surface area contributed by atoms with Crippen molar-refractivity contribution in [1.82, 2.24) is 10.3 Å². The number of nitrogens with one attached hydrogen (secondary N) is 1. The topological polar surface area (TPSA) is 65.4 Å². The Morgan fingerprint density at radius 1 is 1.06 bits per heavy atom. The third-order valence-electron chi connectivity index (χ3n) is 2.62. The molecule has 4 heteroatoms. The molecular formula is C14H16N2O2. The van der Waals surface area contributed by atoms with Crippen molar-refractivity contribution in [2.24, 2.45) is 0 Å². The Morgan fingerprint density at radius 3 is 2.61 bits per heavy atom. The van der Waals surface area contributed by atoms with Crippen LogP contribution in [0.15, 0.2) is 42.6 Å². The standard InChI is InChI=1S/C14H16N2O2/c17-10-12-3-1-2-11(6-12)7-15-8-13-4-5-14(18)9-16-13/h1-6,9,15,17-18H,7-8,10H2. The highest BCUT2D eigenvalue weighted by atomic mass is 16.3. The summed E-state index contributed by atoms with van der Waals surface area (Å²) in [5, 5.41) is 21.4. The number of aliphatic hydroxyl groups excluding tert-OH is 1. The summed E-state index contributed by atoms with van der Waals surface area (Å²) in [6.45, 7) is 1.42. The zero-order valence-electron chi connectivity index (χ0n) is 10.0. The predicted molar refractivity (Wildman–Crippen MR) is 68.8 cm³/mol. The second-order valence-corrected chi connectivity index (χ2v) is 4.09. The van der Waals surface area contributed by atoms with Gasteiger partial charge in [0.05, 0.1) is 18.5 Å². The lowest BCUT2D eigenvalue weighted by Crippen LogP contribution is -2.13. The van der Waals surface area contributed by atoms with Gasteiger partial charge in [-0.05, 0) is 23.3 Å². The fourth-order valence-corrected chi connectivity index (χ4v) is 1.69. The molecular weight excluding hydrogens is 228 g/mol. The first-order valence-electron chi connectivity index (χ1n) is 5.81. The molecule has 1 heterocycles. The molecule has 0 saturated carbocycles. The number of benzene rings is 1. The van der Waals surface area contributed by atoms with Crippen molar-refractivity contribution >= 4 is 0 Å². The zero-order chi connectivity index (χ0) is 12.8. The maximum Gasteiger partial charge on any atom is 0.133 e. The molecule has 1 aromatic heterocycles. The summed E-state index contributed by atoms with van der Waals surface area (Å²) in [5.41, 5.74) is 2.92. The number of aromatic hydroxyl groups is 1. The molecule has 0 spiro atoms. The summed E-state index contributed by atoms with van der Waals surface area (Å²) < 4.78 is 0. The van der Waals surface area contributed by atoms with E-state index in [2.05, 4.69) is 10.3 Å². The van der Waals surface area contributed by atoms with Crippen LogP contribution in [0.4, 0.5) is 0 Å². The molecule has 0 aliphatic heterocycles. The molecule has 4 nitrogen and oxygen atoms in total. The van der Waals surface area contributed by atoms with Crippen molar-refractivity contribution in [2.75, 3.05) is 0 Å². The number of hydrogen-bond acceptors (Lipinski definition) is 4. The molecule has 94 valence electrons. The summed E-state index contributed by atoms with van der Waals surface area (Å²) in [5.74, 6) is 0.175. The first kappa shape index (κ1) is 12.5. The Balaban J connectivity index is 1.86. The first-order chi connectivity index (χ1) is 8.78. The monoisotopic (exact) mass is 244 g/mol. The average Bonchev–Trinajstić information content (AvgIpc) is 2.41. The van der Waals surface area contributed by atoms with Crippen molar-refractivity contribution in [2.45, 2.75) is 19.7 Å². The van der Waals surface area contributed by atoms with Gasteiger partial charge in [-0.15, -0.1) is 0 Å². The number of aromatic nitrogens is 1. The van der Waals surface area contributed by atoms with Gasteiger partial charge in [-0.25, -0.2) is 0 Å². The highest BCUT2D eigenvalue weighted by molar-refractivity contribution is 5.23. The Labute approximate surface area is 106 Å². The van der Waals surface area contributed by atoms with Crippen molar-refractivity contribution < 1.29 is 10.2 Å². The van der Waals surface area contributed by atoms with Crippen molar-refractivity contribution in [3.05, 3.63) is 59.4 Å². The van der Waals surface area contributed by atoms with Gasteiger partial charge in [-0.3, -0.25) is 4.98 Å². The van der Waals surface area contributed by atoms with Crippen LogP contribution in [-0.2, 0) is 19.7 Å². The van der Waals surface area contributed by atoms with Gasteiger partial charge in [0.1, 0.15) is 5.75 Å². The first-order valence-corrected chi connectivity index (χ1v) is 5.81. The van der Waals surface area contributed by atoms with E-state index in [1.54, 1.807) is 12.1 Å². The fraction of sp³-hybridized carbons (Fsp3) is 0.214. The maximum atomic E-state index is 9.11. The molecule has 0 unspecified atom stereocenters. The number of aliphatic hydroxyl groups is 1. The molecule has 3 N–H and O–H groups in total. The summed E-state index contributed by atoms with van der Waals surface area (Å²) in [6.07, 6.45) is 1.43. The predicted octanol–water partition coefficient (Wildman–Crippen LogP) is 1.57. The maximum absolute atomic E-state index is 9.11. The summed E-state index contributed by atoms with van der Waals surface area (Å²) in [6, 6.07) is 11.2. The van der Waals surface area contributed by atoms with Crippen molar-refractivity contribution in [3.8, 4) is 5.75 Å². The summed E-state index contributed by atoms with van der Waals surface area (Å²) in [4.78, 5) is 4.09. The quantitative estimate of drug-likeness (QED) is 0.747. The van der Waals surface area contributed by atoms with Gasteiger partial charge in [0.15, 0.2) is 0 Å². The third kappa shape index (κ3) is 3.55. The minimum Gasteiger partial charge on any atom is -0.506 e. The van der Waals surface area contributed by atoms with Gasteiger partial charge in [-0.2, -0.15) is 0 Å².